The van der Waals surface area contributed by atoms with E-state index in [1.807, 2.05) is 24.3 Å². The minimum atomic E-state index is -1.05. The molecule has 3 N–H and O–H groups in total. The Hall–Kier alpha value is -2.11. The van der Waals surface area contributed by atoms with E-state index in [9.17, 15) is 9.18 Å². The van der Waals surface area contributed by atoms with E-state index in [-0.39, 0.29) is 13.0 Å². The number of nitrogens with two attached hydrogens (primary N) is 1. The lowest BCUT2D eigenvalue weighted by molar-refractivity contribution is -0.119. The molecule has 94 valence electrons. The van der Waals surface area contributed by atoms with Crippen molar-refractivity contribution in [2.75, 3.05) is 11.4 Å². The Morgan fingerprint density at radius 3 is 3.00 bits per heavy atom. The Bertz CT molecular complexity index is 564. The van der Waals surface area contributed by atoms with Gasteiger partial charge in [0.1, 0.15) is 12.2 Å². The van der Waals surface area contributed by atoms with Gasteiger partial charge in [0, 0.05) is 6.42 Å². The monoisotopic (exact) mass is 248 g/mol. The number of carbonyl (C=O) groups excluding carboxylic acids is 1. The molecule has 3 rings (SSSR count). The molecule has 18 heavy (non-hydrogen) atoms. The average molecular weight is 248 g/mol. The molecule has 0 radical (unpaired) electrons. The van der Waals surface area contributed by atoms with Crippen molar-refractivity contribution in [2.45, 2.75) is 18.6 Å². The van der Waals surface area contributed by atoms with Crippen LogP contribution in [0.5, 0.6) is 0 Å². The topological polar surface area (TPSA) is 75.0 Å². The van der Waals surface area contributed by atoms with Crippen molar-refractivity contribution in [2.24, 2.45) is 5.73 Å². The molecule has 2 atom stereocenters. The number of alkyl halides is 1. The molecular weight excluding hydrogens is 235 g/mol. The van der Waals surface area contributed by atoms with E-state index >= 15 is 0 Å². The summed E-state index contributed by atoms with van der Waals surface area (Å²) < 4.78 is 13.4. The number of nitrogens with zero attached hydrogens (tertiary/aromatic N) is 2. The van der Waals surface area contributed by atoms with Gasteiger partial charge in [-0.1, -0.05) is 12.1 Å². The molecule has 1 aliphatic heterocycles. The van der Waals surface area contributed by atoms with Crippen molar-refractivity contribution in [1.29, 1.82) is 0 Å². The molecular formula is C12H13FN4O. The second kappa shape index (κ2) is 3.97. The first-order valence-electron chi connectivity index (χ1n) is 5.80. The summed E-state index contributed by atoms with van der Waals surface area (Å²) in [5, 5.41) is 0. The standard InChI is InChI=1S/C12H13FN4O/c13-7-5-10(11(14)18)17(6-7)12-15-8-3-1-2-4-9(8)16-12/h1-4,7,10H,5-6H2,(H2,14,18)(H,15,16)/t7-,10+/m1/s1. The van der Waals surface area contributed by atoms with Crippen molar-refractivity contribution >= 4 is 22.9 Å². The molecule has 2 heterocycles. The summed E-state index contributed by atoms with van der Waals surface area (Å²) in [7, 11) is 0. The quantitative estimate of drug-likeness (QED) is 0.831. The first kappa shape index (κ1) is 11.0. The predicted molar refractivity (Wildman–Crippen MR) is 65.9 cm³/mol. The number of aromatic amines is 1. The van der Waals surface area contributed by atoms with Gasteiger partial charge in [-0.05, 0) is 12.1 Å². The summed E-state index contributed by atoms with van der Waals surface area (Å²) in [5.41, 5.74) is 6.94. The molecule has 0 spiro atoms. The third kappa shape index (κ3) is 1.70. The van der Waals surface area contributed by atoms with Crippen LogP contribution >= 0.6 is 0 Å². The van der Waals surface area contributed by atoms with Crippen molar-refractivity contribution in [3.05, 3.63) is 24.3 Å². The number of hydrogen-bond donors (Lipinski definition) is 2. The zero-order chi connectivity index (χ0) is 12.7. The third-order valence-corrected chi connectivity index (χ3v) is 3.23. The van der Waals surface area contributed by atoms with Gasteiger partial charge in [-0.3, -0.25) is 4.79 Å². The molecule has 1 fully saturated rings. The summed E-state index contributed by atoms with van der Waals surface area (Å²) in [5.74, 6) is -0.0178. The number of aromatic nitrogens is 2. The van der Waals surface area contributed by atoms with Crippen molar-refractivity contribution in [1.82, 2.24) is 9.97 Å². The Kier molecular flexibility index (Phi) is 2.43. The fourth-order valence-corrected chi connectivity index (χ4v) is 2.36. The lowest BCUT2D eigenvalue weighted by atomic mass is 10.2. The summed E-state index contributed by atoms with van der Waals surface area (Å²) in [6.07, 6.45) is -0.914. The molecule has 1 amide bonds. The van der Waals surface area contributed by atoms with E-state index in [0.717, 1.165) is 11.0 Å². The van der Waals surface area contributed by atoms with Crippen LogP contribution in [-0.2, 0) is 4.79 Å². The van der Waals surface area contributed by atoms with Gasteiger partial charge < -0.3 is 15.6 Å². The van der Waals surface area contributed by atoms with Crippen LogP contribution < -0.4 is 10.6 Å². The number of imidazole rings is 1. The van der Waals surface area contributed by atoms with Crippen LogP contribution in [0.25, 0.3) is 11.0 Å². The molecule has 0 bridgehead atoms. The molecule has 1 aliphatic rings. The average Bonchev–Trinajstić information content (AvgIpc) is 2.91. The predicted octanol–water partition coefficient (Wildman–Crippen LogP) is 0.965. The zero-order valence-electron chi connectivity index (χ0n) is 9.64. The summed E-state index contributed by atoms with van der Waals surface area (Å²) in [4.78, 5) is 20.4. The zero-order valence-corrected chi connectivity index (χ0v) is 9.64. The lowest BCUT2D eigenvalue weighted by Crippen LogP contribution is -2.40. The number of benzene rings is 1. The summed E-state index contributed by atoms with van der Waals surface area (Å²) in [6.45, 7) is 0.146. The number of primary amides is 1. The van der Waals surface area contributed by atoms with Crippen LogP contribution in [0.3, 0.4) is 0 Å². The number of rotatable bonds is 2. The minimum absolute atomic E-state index is 0.131. The number of anilines is 1. The molecule has 5 nitrogen and oxygen atoms in total. The summed E-state index contributed by atoms with van der Waals surface area (Å²) >= 11 is 0. The number of nitrogens with one attached hydrogen (secondary N) is 1. The molecule has 1 aromatic heterocycles. The number of para-hydroxylation sites is 2. The highest BCUT2D eigenvalue weighted by molar-refractivity contribution is 5.85. The van der Waals surface area contributed by atoms with E-state index in [1.165, 1.54) is 0 Å². The van der Waals surface area contributed by atoms with E-state index < -0.39 is 18.1 Å². The van der Waals surface area contributed by atoms with E-state index in [2.05, 4.69) is 9.97 Å². The maximum atomic E-state index is 13.4. The van der Waals surface area contributed by atoms with Crippen molar-refractivity contribution in [3.63, 3.8) is 0 Å². The molecule has 2 aromatic rings. The van der Waals surface area contributed by atoms with Gasteiger partial charge in [-0.15, -0.1) is 0 Å². The number of amides is 1. The molecule has 1 aromatic carbocycles. The maximum Gasteiger partial charge on any atom is 0.240 e. The lowest BCUT2D eigenvalue weighted by Gasteiger charge is -2.20. The highest BCUT2D eigenvalue weighted by Gasteiger charge is 2.37. The summed E-state index contributed by atoms with van der Waals surface area (Å²) in [6, 6.07) is 6.88. The Labute approximate surface area is 103 Å². The second-order valence-corrected chi connectivity index (χ2v) is 4.48. The third-order valence-electron chi connectivity index (χ3n) is 3.23. The molecule has 0 saturated carbocycles. The number of carbonyl (C=O) groups is 1. The van der Waals surface area contributed by atoms with Gasteiger partial charge >= 0.3 is 0 Å². The molecule has 0 aliphatic carbocycles. The highest BCUT2D eigenvalue weighted by atomic mass is 19.1. The first-order valence-corrected chi connectivity index (χ1v) is 5.80. The molecule has 0 unspecified atom stereocenters. The number of H-pyrrole nitrogens is 1. The Morgan fingerprint density at radius 2 is 2.28 bits per heavy atom. The van der Waals surface area contributed by atoms with Gasteiger partial charge in [0.05, 0.1) is 17.6 Å². The Morgan fingerprint density at radius 1 is 1.50 bits per heavy atom. The van der Waals surface area contributed by atoms with Crippen molar-refractivity contribution < 1.29 is 9.18 Å². The smallest absolute Gasteiger partial charge is 0.240 e. The molecule has 6 heteroatoms. The van der Waals surface area contributed by atoms with Crippen LogP contribution in [-0.4, -0.2) is 34.6 Å². The van der Waals surface area contributed by atoms with E-state index in [4.69, 9.17) is 5.73 Å². The minimum Gasteiger partial charge on any atom is -0.368 e. The number of halogens is 1. The Balaban J connectivity index is 2.00. The van der Waals surface area contributed by atoms with Crippen LogP contribution in [0.1, 0.15) is 6.42 Å². The largest absolute Gasteiger partial charge is 0.368 e. The van der Waals surface area contributed by atoms with E-state index in [1.54, 1.807) is 4.90 Å². The first-order chi connectivity index (χ1) is 8.65. The maximum absolute atomic E-state index is 13.4. The fourth-order valence-electron chi connectivity index (χ4n) is 2.36. The van der Waals surface area contributed by atoms with Crippen LogP contribution in [0.2, 0.25) is 0 Å². The van der Waals surface area contributed by atoms with Crippen LogP contribution in [0, 0.1) is 0 Å². The number of hydrogen-bond acceptors (Lipinski definition) is 3. The SMILES string of the molecule is NC(=O)[C@@H]1C[C@@H](F)CN1c1nc2ccccc2[nH]1. The second-order valence-electron chi connectivity index (χ2n) is 4.48. The van der Waals surface area contributed by atoms with Gasteiger partial charge in [0.15, 0.2) is 0 Å². The van der Waals surface area contributed by atoms with Crippen LogP contribution in [0.4, 0.5) is 10.3 Å². The van der Waals surface area contributed by atoms with Crippen LogP contribution in [0.15, 0.2) is 24.3 Å². The van der Waals surface area contributed by atoms with Gasteiger partial charge in [-0.25, -0.2) is 9.37 Å². The normalized spacial score (nSPS) is 23.7. The van der Waals surface area contributed by atoms with Gasteiger partial charge in [0.2, 0.25) is 11.9 Å². The van der Waals surface area contributed by atoms with Crippen molar-refractivity contribution in [3.8, 4) is 0 Å². The highest BCUT2D eigenvalue weighted by Crippen LogP contribution is 2.26. The fraction of sp³-hybridized carbons (Fsp3) is 0.333. The molecule has 1 saturated heterocycles. The number of fused-ring (bicyclic) bond motifs is 1. The van der Waals surface area contributed by atoms with Gasteiger partial charge in [0.25, 0.3) is 0 Å². The van der Waals surface area contributed by atoms with E-state index in [0.29, 0.717) is 5.95 Å². The van der Waals surface area contributed by atoms with Gasteiger partial charge in [-0.2, -0.15) is 0 Å².